The zero-order chi connectivity index (χ0) is 15.8. The predicted molar refractivity (Wildman–Crippen MR) is 83.5 cm³/mol. The number of guanidine groups is 1. The number of morpholine rings is 1. The molecule has 2 aliphatic rings. The summed E-state index contributed by atoms with van der Waals surface area (Å²) in [6.45, 7) is 5.81. The van der Waals surface area contributed by atoms with Crippen molar-refractivity contribution in [3.8, 4) is 0 Å². The Morgan fingerprint density at radius 1 is 1.32 bits per heavy atom. The second kappa shape index (κ2) is 8.62. The lowest BCUT2D eigenvalue weighted by Crippen LogP contribution is -2.45. The molecule has 1 heterocycles. The van der Waals surface area contributed by atoms with Crippen LogP contribution in [0.3, 0.4) is 0 Å². The fourth-order valence-corrected chi connectivity index (χ4v) is 3.07. The number of nitrogens with zero attached hydrogens (tertiary/aromatic N) is 2. The van der Waals surface area contributed by atoms with Crippen LogP contribution in [0.2, 0.25) is 0 Å². The molecule has 1 aliphatic heterocycles. The molecule has 22 heavy (non-hydrogen) atoms. The normalized spacial score (nSPS) is 26.7. The van der Waals surface area contributed by atoms with Crippen LogP contribution in [0.1, 0.15) is 25.7 Å². The number of nitrogens with one attached hydrogen (secondary N) is 2. The zero-order valence-electron chi connectivity index (χ0n) is 13.4. The first-order valence-corrected chi connectivity index (χ1v) is 8.21. The zero-order valence-corrected chi connectivity index (χ0v) is 13.4. The van der Waals surface area contributed by atoms with Crippen molar-refractivity contribution in [1.82, 2.24) is 15.5 Å². The third kappa shape index (κ3) is 6.04. The van der Waals surface area contributed by atoms with Crippen molar-refractivity contribution in [2.75, 3.05) is 53.0 Å². The highest BCUT2D eigenvalue weighted by atomic mass is 19.3. The molecular weight excluding hydrogens is 290 g/mol. The first-order valence-electron chi connectivity index (χ1n) is 8.21. The summed E-state index contributed by atoms with van der Waals surface area (Å²) >= 11 is 0. The lowest BCUT2D eigenvalue weighted by Gasteiger charge is -2.29. The first kappa shape index (κ1) is 17.4. The minimum atomic E-state index is -2.49. The van der Waals surface area contributed by atoms with Gasteiger partial charge in [-0.3, -0.25) is 9.89 Å². The maximum atomic E-state index is 13.4. The predicted octanol–water partition coefficient (Wildman–Crippen LogP) is 1.31. The lowest BCUT2D eigenvalue weighted by atomic mass is 9.86. The molecule has 128 valence electrons. The average molecular weight is 318 g/mol. The van der Waals surface area contributed by atoms with Gasteiger partial charge < -0.3 is 15.4 Å². The Labute approximate surface area is 131 Å². The van der Waals surface area contributed by atoms with Crippen LogP contribution < -0.4 is 10.6 Å². The number of alkyl halides is 2. The first-order chi connectivity index (χ1) is 10.6. The van der Waals surface area contributed by atoms with Gasteiger partial charge in [0.1, 0.15) is 0 Å². The standard InChI is InChI=1S/C15H28F2N4O/c1-18-14(19-5-6-21-7-9-22-10-8-21)20-12-13-3-2-4-15(16,17)11-13/h13H,2-12H2,1H3,(H2,18,19,20). The van der Waals surface area contributed by atoms with Crippen LogP contribution in [0.25, 0.3) is 0 Å². The van der Waals surface area contributed by atoms with Gasteiger partial charge in [-0.05, 0) is 18.8 Å². The minimum absolute atomic E-state index is 0.00915. The second-order valence-electron chi connectivity index (χ2n) is 6.15. The van der Waals surface area contributed by atoms with E-state index in [-0.39, 0.29) is 18.8 Å². The quantitative estimate of drug-likeness (QED) is 0.593. The average Bonchev–Trinajstić information content (AvgIpc) is 2.51. The van der Waals surface area contributed by atoms with Crippen LogP contribution >= 0.6 is 0 Å². The third-order valence-corrected chi connectivity index (χ3v) is 4.35. The largest absolute Gasteiger partial charge is 0.379 e. The number of rotatable bonds is 5. The van der Waals surface area contributed by atoms with Crippen LogP contribution in [-0.2, 0) is 4.74 Å². The molecule has 1 saturated heterocycles. The number of halogens is 2. The van der Waals surface area contributed by atoms with E-state index in [9.17, 15) is 8.78 Å². The minimum Gasteiger partial charge on any atom is -0.379 e. The molecule has 2 rings (SSSR count). The topological polar surface area (TPSA) is 48.9 Å². The Balaban J connectivity index is 1.62. The number of ether oxygens (including phenoxy) is 1. The maximum absolute atomic E-state index is 13.4. The van der Waals surface area contributed by atoms with Crippen LogP contribution in [0.4, 0.5) is 8.78 Å². The van der Waals surface area contributed by atoms with E-state index in [1.54, 1.807) is 7.05 Å². The molecule has 1 saturated carbocycles. The monoisotopic (exact) mass is 318 g/mol. The highest BCUT2D eigenvalue weighted by Gasteiger charge is 2.35. The van der Waals surface area contributed by atoms with Gasteiger partial charge in [-0.1, -0.05) is 0 Å². The molecule has 0 aromatic carbocycles. The van der Waals surface area contributed by atoms with Gasteiger partial charge in [0.15, 0.2) is 5.96 Å². The molecule has 1 aliphatic carbocycles. The summed E-state index contributed by atoms with van der Waals surface area (Å²) in [4.78, 5) is 6.49. The fraction of sp³-hybridized carbons (Fsp3) is 0.933. The van der Waals surface area contributed by atoms with Gasteiger partial charge in [0.2, 0.25) is 5.92 Å². The SMILES string of the molecule is CN=C(NCCN1CCOCC1)NCC1CCCC(F)(F)C1. The van der Waals surface area contributed by atoms with E-state index < -0.39 is 5.92 Å². The van der Waals surface area contributed by atoms with Crippen molar-refractivity contribution in [2.24, 2.45) is 10.9 Å². The third-order valence-electron chi connectivity index (χ3n) is 4.35. The Hall–Kier alpha value is -0.950. The van der Waals surface area contributed by atoms with Crippen LogP contribution in [0.15, 0.2) is 4.99 Å². The summed E-state index contributed by atoms with van der Waals surface area (Å²) in [6, 6.07) is 0. The van der Waals surface area contributed by atoms with Crippen LogP contribution in [0.5, 0.6) is 0 Å². The molecule has 7 heteroatoms. The molecule has 0 radical (unpaired) electrons. The van der Waals surface area contributed by atoms with Crippen LogP contribution in [0, 0.1) is 5.92 Å². The molecule has 0 spiro atoms. The van der Waals surface area contributed by atoms with Gasteiger partial charge >= 0.3 is 0 Å². The van der Waals surface area contributed by atoms with E-state index in [4.69, 9.17) is 4.74 Å². The summed E-state index contributed by atoms with van der Waals surface area (Å²) in [5.41, 5.74) is 0. The molecule has 0 aromatic heterocycles. The maximum Gasteiger partial charge on any atom is 0.248 e. The van der Waals surface area contributed by atoms with Crippen molar-refractivity contribution in [3.05, 3.63) is 0 Å². The molecule has 1 unspecified atom stereocenters. The van der Waals surface area contributed by atoms with Gasteiger partial charge in [0.25, 0.3) is 0 Å². The molecule has 2 fully saturated rings. The number of hydrogen-bond acceptors (Lipinski definition) is 3. The highest BCUT2D eigenvalue weighted by molar-refractivity contribution is 5.79. The van der Waals surface area contributed by atoms with Crippen LogP contribution in [-0.4, -0.2) is 69.8 Å². The lowest BCUT2D eigenvalue weighted by molar-refractivity contribution is -0.0514. The fourth-order valence-electron chi connectivity index (χ4n) is 3.07. The van der Waals surface area contributed by atoms with Crippen molar-refractivity contribution >= 4 is 5.96 Å². The van der Waals surface area contributed by atoms with E-state index in [1.807, 2.05) is 0 Å². The number of hydrogen-bond donors (Lipinski definition) is 2. The molecule has 2 N–H and O–H groups in total. The number of aliphatic imine (C=N–C) groups is 1. The van der Waals surface area contributed by atoms with Gasteiger partial charge in [0.05, 0.1) is 13.2 Å². The molecular formula is C15H28F2N4O. The summed E-state index contributed by atoms with van der Waals surface area (Å²) in [5.74, 6) is -1.76. The summed E-state index contributed by atoms with van der Waals surface area (Å²) in [5, 5.41) is 6.42. The Kier molecular flexibility index (Phi) is 6.82. The van der Waals surface area contributed by atoms with Crippen molar-refractivity contribution in [2.45, 2.75) is 31.6 Å². The Morgan fingerprint density at radius 3 is 2.77 bits per heavy atom. The second-order valence-corrected chi connectivity index (χ2v) is 6.15. The molecule has 0 aromatic rings. The Morgan fingerprint density at radius 2 is 2.09 bits per heavy atom. The molecule has 1 atom stereocenters. The molecule has 5 nitrogen and oxygen atoms in total. The molecule has 0 amide bonds. The summed E-state index contributed by atoms with van der Waals surface area (Å²) in [7, 11) is 1.71. The van der Waals surface area contributed by atoms with E-state index in [0.29, 0.717) is 18.9 Å². The van der Waals surface area contributed by atoms with Gasteiger partial charge in [0, 0.05) is 52.6 Å². The smallest absolute Gasteiger partial charge is 0.248 e. The summed E-state index contributed by atoms with van der Waals surface area (Å²) in [6.07, 6.45) is 1.51. The van der Waals surface area contributed by atoms with Gasteiger partial charge in [-0.15, -0.1) is 0 Å². The Bertz CT molecular complexity index is 359. The van der Waals surface area contributed by atoms with Gasteiger partial charge in [-0.25, -0.2) is 8.78 Å². The van der Waals surface area contributed by atoms with E-state index in [0.717, 1.165) is 45.8 Å². The summed E-state index contributed by atoms with van der Waals surface area (Å²) < 4.78 is 32.1. The van der Waals surface area contributed by atoms with E-state index >= 15 is 0 Å². The van der Waals surface area contributed by atoms with Crippen molar-refractivity contribution < 1.29 is 13.5 Å². The molecule has 0 bridgehead atoms. The highest BCUT2D eigenvalue weighted by Crippen LogP contribution is 2.36. The van der Waals surface area contributed by atoms with Gasteiger partial charge in [-0.2, -0.15) is 0 Å². The van der Waals surface area contributed by atoms with E-state index in [1.165, 1.54) is 0 Å². The van der Waals surface area contributed by atoms with E-state index in [2.05, 4.69) is 20.5 Å². The van der Waals surface area contributed by atoms with Crippen molar-refractivity contribution in [1.29, 1.82) is 0 Å². The van der Waals surface area contributed by atoms with Crippen molar-refractivity contribution in [3.63, 3.8) is 0 Å².